The van der Waals surface area contributed by atoms with Crippen LogP contribution >= 0.6 is 0 Å². The number of aromatic nitrogens is 1. The van der Waals surface area contributed by atoms with Crippen LogP contribution < -0.4 is 10.6 Å². The third kappa shape index (κ3) is 4.44. The number of amides is 1. The Bertz CT molecular complexity index is 845. The van der Waals surface area contributed by atoms with Crippen LogP contribution in [0.5, 0.6) is 0 Å². The summed E-state index contributed by atoms with van der Waals surface area (Å²) in [6, 6.07) is 21.5. The molecule has 0 aliphatic heterocycles. The van der Waals surface area contributed by atoms with Gasteiger partial charge in [-0.25, -0.2) is 4.98 Å². The lowest BCUT2D eigenvalue weighted by molar-refractivity contribution is 0.0935. The molecule has 3 aromatic rings. The lowest BCUT2D eigenvalue weighted by atomic mass is 10.1. The molecule has 25 heavy (non-hydrogen) atoms. The zero-order valence-electron chi connectivity index (χ0n) is 14.4. The Labute approximate surface area is 147 Å². The number of nitrogens with zero attached hydrogens (tertiary/aromatic N) is 1. The Morgan fingerprint density at radius 1 is 0.960 bits per heavy atom. The molecule has 4 heteroatoms. The van der Waals surface area contributed by atoms with Crippen LogP contribution in [0.4, 0.5) is 11.4 Å². The normalized spacial score (nSPS) is 11.6. The second kappa shape index (κ2) is 7.62. The molecular formula is C21H21N3O. The first kappa shape index (κ1) is 16.7. The summed E-state index contributed by atoms with van der Waals surface area (Å²) >= 11 is 0. The molecule has 0 saturated heterocycles. The minimum absolute atomic E-state index is 0.0689. The molecule has 1 unspecified atom stereocenters. The zero-order valence-corrected chi connectivity index (χ0v) is 14.4. The molecule has 0 radical (unpaired) electrons. The van der Waals surface area contributed by atoms with Crippen LogP contribution in [-0.2, 0) is 0 Å². The van der Waals surface area contributed by atoms with Gasteiger partial charge in [0.2, 0.25) is 0 Å². The van der Waals surface area contributed by atoms with Crippen molar-refractivity contribution >= 4 is 17.3 Å². The van der Waals surface area contributed by atoms with E-state index < -0.39 is 0 Å². The number of hydrogen-bond acceptors (Lipinski definition) is 3. The Kier molecular flexibility index (Phi) is 5.09. The largest absolute Gasteiger partial charge is 0.354 e. The van der Waals surface area contributed by atoms with Gasteiger partial charge in [0.05, 0.1) is 17.9 Å². The van der Waals surface area contributed by atoms with Crippen molar-refractivity contribution in [3.05, 3.63) is 89.7 Å². The summed E-state index contributed by atoms with van der Waals surface area (Å²) in [5.41, 5.74) is 4.49. The summed E-state index contributed by atoms with van der Waals surface area (Å²) < 4.78 is 0. The quantitative estimate of drug-likeness (QED) is 0.717. The molecule has 0 aliphatic carbocycles. The topological polar surface area (TPSA) is 54.0 Å². The Morgan fingerprint density at radius 2 is 1.76 bits per heavy atom. The first-order chi connectivity index (χ1) is 12.1. The minimum atomic E-state index is -0.182. The summed E-state index contributed by atoms with van der Waals surface area (Å²) in [5, 5.41) is 6.25. The second-order valence-electron chi connectivity index (χ2n) is 6.03. The summed E-state index contributed by atoms with van der Waals surface area (Å²) in [6.07, 6.45) is 1.67. The number of benzene rings is 2. The predicted octanol–water partition coefficient (Wildman–Crippen LogP) is 4.62. The van der Waals surface area contributed by atoms with Crippen molar-refractivity contribution in [1.29, 1.82) is 0 Å². The third-order valence-corrected chi connectivity index (χ3v) is 3.95. The fourth-order valence-corrected chi connectivity index (χ4v) is 2.59. The summed E-state index contributed by atoms with van der Waals surface area (Å²) in [7, 11) is 0. The molecule has 0 saturated carbocycles. The molecule has 0 aliphatic rings. The first-order valence-corrected chi connectivity index (χ1v) is 8.27. The van der Waals surface area contributed by atoms with E-state index in [-0.39, 0.29) is 11.9 Å². The first-order valence-electron chi connectivity index (χ1n) is 8.27. The molecule has 1 aromatic heterocycles. The Balaban J connectivity index is 1.64. The molecular weight excluding hydrogens is 310 g/mol. The highest BCUT2D eigenvalue weighted by Crippen LogP contribution is 2.17. The van der Waals surface area contributed by atoms with E-state index >= 15 is 0 Å². The summed E-state index contributed by atoms with van der Waals surface area (Å²) in [5.74, 6) is -0.182. The standard InChI is InChI=1S/C21H21N3O/c1-15-7-6-10-18(13-15)24-19-11-12-20(22-14-19)21(25)23-16(2)17-8-4-3-5-9-17/h3-14,16,24H,1-2H3,(H,23,25). The van der Waals surface area contributed by atoms with Gasteiger partial charge in [-0.3, -0.25) is 4.79 Å². The number of pyridine rings is 1. The molecule has 3 rings (SSSR count). The Hall–Kier alpha value is -3.14. The van der Waals surface area contributed by atoms with Crippen molar-refractivity contribution in [3.63, 3.8) is 0 Å². The van der Waals surface area contributed by atoms with Crippen LogP contribution in [0.1, 0.15) is 34.6 Å². The molecule has 0 fully saturated rings. The van der Waals surface area contributed by atoms with Gasteiger partial charge < -0.3 is 10.6 Å². The van der Waals surface area contributed by atoms with Crippen LogP contribution in [0, 0.1) is 6.92 Å². The third-order valence-electron chi connectivity index (χ3n) is 3.95. The van der Waals surface area contributed by atoms with Gasteiger partial charge in [0.25, 0.3) is 5.91 Å². The van der Waals surface area contributed by atoms with Crippen LogP contribution in [0.25, 0.3) is 0 Å². The number of aryl methyl sites for hydroxylation is 1. The highest BCUT2D eigenvalue weighted by Gasteiger charge is 2.12. The van der Waals surface area contributed by atoms with E-state index in [1.54, 1.807) is 12.3 Å². The van der Waals surface area contributed by atoms with E-state index in [1.165, 1.54) is 5.56 Å². The van der Waals surface area contributed by atoms with E-state index in [9.17, 15) is 4.79 Å². The maximum absolute atomic E-state index is 12.3. The van der Waals surface area contributed by atoms with Gasteiger partial charge in [0.1, 0.15) is 5.69 Å². The van der Waals surface area contributed by atoms with E-state index in [2.05, 4.69) is 21.7 Å². The zero-order chi connectivity index (χ0) is 17.6. The number of nitrogens with one attached hydrogen (secondary N) is 2. The van der Waals surface area contributed by atoms with Crippen molar-refractivity contribution < 1.29 is 4.79 Å². The highest BCUT2D eigenvalue weighted by atomic mass is 16.1. The maximum Gasteiger partial charge on any atom is 0.270 e. The van der Waals surface area contributed by atoms with Crippen LogP contribution in [0.2, 0.25) is 0 Å². The number of carbonyl (C=O) groups is 1. The van der Waals surface area contributed by atoms with Crippen molar-refractivity contribution in [2.24, 2.45) is 0 Å². The Morgan fingerprint density at radius 3 is 2.44 bits per heavy atom. The molecule has 2 N–H and O–H groups in total. The van der Waals surface area contributed by atoms with E-state index in [0.29, 0.717) is 5.69 Å². The number of rotatable bonds is 5. The number of carbonyl (C=O) groups excluding carboxylic acids is 1. The van der Waals surface area contributed by atoms with Crippen LogP contribution in [0.15, 0.2) is 72.9 Å². The maximum atomic E-state index is 12.3. The van der Waals surface area contributed by atoms with Crippen molar-refractivity contribution in [2.45, 2.75) is 19.9 Å². The van der Waals surface area contributed by atoms with Gasteiger partial charge in [0.15, 0.2) is 0 Å². The van der Waals surface area contributed by atoms with Crippen molar-refractivity contribution in [2.75, 3.05) is 5.32 Å². The lowest BCUT2D eigenvalue weighted by Gasteiger charge is -2.14. The van der Waals surface area contributed by atoms with Gasteiger partial charge in [0, 0.05) is 5.69 Å². The molecule has 1 amide bonds. The summed E-state index contributed by atoms with van der Waals surface area (Å²) in [4.78, 5) is 16.6. The SMILES string of the molecule is Cc1cccc(Nc2ccc(C(=O)NC(C)c3ccccc3)nc2)c1. The highest BCUT2D eigenvalue weighted by molar-refractivity contribution is 5.92. The fraction of sp³-hybridized carbons (Fsp3) is 0.143. The van der Waals surface area contributed by atoms with Gasteiger partial charge in [-0.15, -0.1) is 0 Å². The van der Waals surface area contributed by atoms with Crippen molar-refractivity contribution in [3.8, 4) is 0 Å². The van der Waals surface area contributed by atoms with E-state index in [1.807, 2.05) is 68.4 Å². The average Bonchev–Trinajstić information content (AvgIpc) is 2.63. The van der Waals surface area contributed by atoms with Crippen LogP contribution in [0.3, 0.4) is 0 Å². The van der Waals surface area contributed by atoms with E-state index in [0.717, 1.165) is 16.9 Å². The fourth-order valence-electron chi connectivity index (χ4n) is 2.59. The lowest BCUT2D eigenvalue weighted by Crippen LogP contribution is -2.27. The van der Waals surface area contributed by atoms with Crippen molar-refractivity contribution in [1.82, 2.24) is 10.3 Å². The molecule has 2 aromatic carbocycles. The summed E-state index contributed by atoms with van der Waals surface area (Å²) in [6.45, 7) is 4.01. The molecule has 1 heterocycles. The number of anilines is 2. The second-order valence-corrected chi connectivity index (χ2v) is 6.03. The van der Waals surface area contributed by atoms with Gasteiger partial charge in [-0.2, -0.15) is 0 Å². The van der Waals surface area contributed by atoms with Gasteiger partial charge in [-0.05, 0) is 49.2 Å². The molecule has 1 atom stereocenters. The molecule has 126 valence electrons. The minimum Gasteiger partial charge on any atom is -0.354 e. The molecule has 0 spiro atoms. The smallest absolute Gasteiger partial charge is 0.270 e. The van der Waals surface area contributed by atoms with Gasteiger partial charge >= 0.3 is 0 Å². The monoisotopic (exact) mass is 331 g/mol. The van der Waals surface area contributed by atoms with Crippen LogP contribution in [-0.4, -0.2) is 10.9 Å². The molecule has 4 nitrogen and oxygen atoms in total. The predicted molar refractivity (Wildman–Crippen MR) is 101 cm³/mol. The number of hydrogen-bond donors (Lipinski definition) is 2. The average molecular weight is 331 g/mol. The van der Waals surface area contributed by atoms with E-state index in [4.69, 9.17) is 0 Å². The molecule has 0 bridgehead atoms. The van der Waals surface area contributed by atoms with Gasteiger partial charge in [-0.1, -0.05) is 42.5 Å².